The van der Waals surface area contributed by atoms with Gasteiger partial charge < -0.3 is 21.1 Å². The van der Waals surface area contributed by atoms with Crippen LogP contribution >= 0.6 is 0 Å². The zero-order valence-electron chi connectivity index (χ0n) is 23.7. The number of nitrogens with zero attached hydrogens (tertiary/aromatic N) is 1. The van der Waals surface area contributed by atoms with Gasteiger partial charge in [0.1, 0.15) is 17.7 Å². The van der Waals surface area contributed by atoms with Gasteiger partial charge in [-0.15, -0.1) is 0 Å². The molecule has 0 aliphatic carbocycles. The summed E-state index contributed by atoms with van der Waals surface area (Å²) in [5.74, 6) is -1.95. The predicted molar refractivity (Wildman–Crippen MR) is 150 cm³/mol. The number of hydrogen-bond acceptors (Lipinski definition) is 5. The monoisotopic (exact) mass is 534 g/mol. The van der Waals surface area contributed by atoms with Crippen LogP contribution < -0.4 is 16.4 Å². The van der Waals surface area contributed by atoms with E-state index >= 15 is 0 Å². The van der Waals surface area contributed by atoms with Crippen molar-refractivity contribution in [2.45, 2.75) is 79.0 Å². The van der Waals surface area contributed by atoms with Crippen LogP contribution in [0.1, 0.15) is 67.5 Å². The molecule has 208 valence electrons. The molecule has 9 nitrogen and oxygen atoms in total. The zero-order valence-corrected chi connectivity index (χ0v) is 23.7. The lowest BCUT2D eigenvalue weighted by Crippen LogP contribution is -2.51. The first-order valence-electron chi connectivity index (χ1n) is 12.7. The smallest absolute Gasteiger partial charge is 0.408 e. The van der Waals surface area contributed by atoms with Gasteiger partial charge in [-0.3, -0.25) is 19.3 Å². The maximum absolute atomic E-state index is 13.9. The normalized spacial score (nSPS) is 12.5. The largest absolute Gasteiger partial charge is 0.444 e. The minimum absolute atomic E-state index is 0.135. The van der Waals surface area contributed by atoms with Crippen LogP contribution in [-0.4, -0.2) is 40.4 Å². The lowest BCUT2D eigenvalue weighted by Gasteiger charge is -2.31. The highest BCUT2D eigenvalue weighted by atomic mass is 16.6. The first kappa shape index (κ1) is 30.9. The summed E-state index contributed by atoms with van der Waals surface area (Å²) in [4.78, 5) is 52.8. The summed E-state index contributed by atoms with van der Waals surface area (Å²) in [6, 6.07) is 10.8. The van der Waals surface area contributed by atoms with Gasteiger partial charge in [0, 0.05) is 18.2 Å². The molecule has 0 saturated heterocycles. The Morgan fingerprint density at radius 1 is 1.00 bits per heavy atom. The van der Waals surface area contributed by atoms with Gasteiger partial charge in [0.15, 0.2) is 0 Å². The third kappa shape index (κ3) is 8.34. The molecular weight excluding hydrogens is 496 g/mol. The number of benzene rings is 2. The molecule has 39 heavy (non-hydrogen) atoms. The van der Waals surface area contributed by atoms with E-state index < -0.39 is 41.5 Å². The van der Waals surface area contributed by atoms with Gasteiger partial charge in [0.05, 0.1) is 0 Å². The van der Waals surface area contributed by atoms with Gasteiger partial charge >= 0.3 is 6.09 Å². The van der Waals surface area contributed by atoms with Crippen LogP contribution in [0.25, 0.3) is 0 Å². The molecule has 0 aliphatic heterocycles. The fourth-order valence-electron chi connectivity index (χ4n) is 4.10. The van der Waals surface area contributed by atoms with Crippen molar-refractivity contribution in [1.82, 2.24) is 10.2 Å². The van der Waals surface area contributed by atoms with Crippen LogP contribution in [0.3, 0.4) is 0 Å². The predicted octanol–water partition coefficient (Wildman–Crippen LogP) is 4.18. The molecule has 4 N–H and O–H groups in total. The van der Waals surface area contributed by atoms with Crippen molar-refractivity contribution < 1.29 is 23.9 Å². The van der Waals surface area contributed by atoms with Gasteiger partial charge in [-0.05, 0) is 82.7 Å². The average molecular weight is 535 g/mol. The molecule has 0 heterocycles. The zero-order chi connectivity index (χ0) is 29.5. The second kappa shape index (κ2) is 13.0. The summed E-state index contributed by atoms with van der Waals surface area (Å²) in [6.45, 7) is 12.5. The van der Waals surface area contributed by atoms with Crippen molar-refractivity contribution >= 4 is 29.5 Å². The molecule has 9 heteroatoms. The van der Waals surface area contributed by atoms with Gasteiger partial charge in [0.2, 0.25) is 5.91 Å². The molecule has 0 aliphatic rings. The number of aryl methyl sites for hydroxylation is 3. The molecule has 0 spiro atoms. The van der Waals surface area contributed by atoms with E-state index in [1.54, 1.807) is 32.9 Å². The van der Waals surface area contributed by atoms with E-state index in [2.05, 4.69) is 16.7 Å². The van der Waals surface area contributed by atoms with Gasteiger partial charge in [0.25, 0.3) is 11.8 Å². The summed E-state index contributed by atoms with van der Waals surface area (Å²) in [5, 5.41) is 5.44. The Balaban J connectivity index is 2.57. The lowest BCUT2D eigenvalue weighted by atomic mass is 9.94. The Labute approximate surface area is 230 Å². The van der Waals surface area contributed by atoms with E-state index in [1.807, 2.05) is 52.0 Å². The molecule has 2 rings (SSSR count). The minimum atomic E-state index is -1.27. The number of rotatable bonds is 9. The fraction of sp³-hybridized carbons (Fsp3) is 0.400. The number of primary amides is 1. The van der Waals surface area contributed by atoms with Crippen LogP contribution in [0.2, 0.25) is 0 Å². The molecular formula is C30H38N4O5. The molecule has 0 aromatic heterocycles. The third-order valence-corrected chi connectivity index (χ3v) is 6.22. The SMILES string of the molecule is C#CN(C(=O)C(CCC(N)=O)NC(=O)OC(C)(C)C)C(C(=O)Nc1c(C)cccc1C)c1cccc(C)c1C. The summed E-state index contributed by atoms with van der Waals surface area (Å²) >= 11 is 0. The number of carbonyl (C=O) groups is 4. The highest BCUT2D eigenvalue weighted by Crippen LogP contribution is 2.30. The van der Waals surface area contributed by atoms with Crippen molar-refractivity contribution in [2.24, 2.45) is 5.73 Å². The van der Waals surface area contributed by atoms with E-state index in [9.17, 15) is 19.2 Å². The number of anilines is 1. The minimum Gasteiger partial charge on any atom is -0.444 e. The van der Waals surface area contributed by atoms with Crippen LogP contribution in [0.15, 0.2) is 36.4 Å². The average Bonchev–Trinajstić information content (AvgIpc) is 2.83. The standard InChI is InChI=1S/C30H38N4O5/c1-9-34(28(37)23(16-17-24(31)35)32-29(38)39-30(6,7)8)26(22-15-11-12-18(2)21(22)5)27(36)33-25-19(3)13-10-14-20(25)4/h1,10-15,23,26H,16-17H2,2-8H3,(H2,31,35)(H,32,38)(H,33,36). The van der Waals surface area contributed by atoms with Crippen molar-refractivity contribution in [2.75, 3.05) is 5.32 Å². The third-order valence-electron chi connectivity index (χ3n) is 6.22. The van der Waals surface area contributed by atoms with Crippen LogP contribution in [0.5, 0.6) is 0 Å². The summed E-state index contributed by atoms with van der Waals surface area (Å²) < 4.78 is 5.30. The molecule has 2 unspecified atom stereocenters. The van der Waals surface area contributed by atoms with Gasteiger partial charge in [-0.25, -0.2) is 4.79 Å². The number of nitrogens with two attached hydrogens (primary N) is 1. The summed E-state index contributed by atoms with van der Waals surface area (Å²) in [5.41, 5.74) is 8.98. The molecule has 2 atom stereocenters. The fourth-order valence-corrected chi connectivity index (χ4v) is 4.10. The molecule has 0 saturated carbocycles. The number of amides is 4. The topological polar surface area (TPSA) is 131 Å². The number of para-hydroxylation sites is 1. The summed E-state index contributed by atoms with van der Waals surface area (Å²) in [6.07, 6.45) is 4.65. The Morgan fingerprint density at radius 2 is 1.56 bits per heavy atom. The second-order valence-corrected chi connectivity index (χ2v) is 10.5. The van der Waals surface area contributed by atoms with E-state index in [4.69, 9.17) is 16.9 Å². The Kier molecular flexibility index (Phi) is 10.3. The maximum Gasteiger partial charge on any atom is 0.408 e. The number of alkyl carbamates (subject to hydrolysis) is 1. The Bertz CT molecular complexity index is 1270. The van der Waals surface area contributed by atoms with E-state index in [0.29, 0.717) is 11.3 Å². The highest BCUT2D eigenvalue weighted by molar-refractivity contribution is 6.00. The van der Waals surface area contributed by atoms with Crippen molar-refractivity contribution in [3.05, 3.63) is 64.2 Å². The number of carbonyl (C=O) groups excluding carboxylic acids is 4. The molecule has 2 aromatic rings. The van der Waals surface area contributed by atoms with Gasteiger partial charge in [-0.2, -0.15) is 0 Å². The first-order chi connectivity index (χ1) is 18.2. The van der Waals surface area contributed by atoms with Crippen molar-refractivity contribution in [1.29, 1.82) is 0 Å². The van der Waals surface area contributed by atoms with Crippen LogP contribution in [0, 0.1) is 40.2 Å². The highest BCUT2D eigenvalue weighted by Gasteiger charge is 2.37. The quantitative estimate of drug-likeness (QED) is 0.328. The molecule has 0 fully saturated rings. The first-order valence-corrected chi connectivity index (χ1v) is 12.7. The molecule has 2 aromatic carbocycles. The number of hydrogen-bond donors (Lipinski definition) is 3. The van der Waals surface area contributed by atoms with Crippen molar-refractivity contribution in [3.8, 4) is 12.5 Å². The summed E-state index contributed by atoms with van der Waals surface area (Å²) in [7, 11) is 0. The molecule has 0 bridgehead atoms. The Hall–Kier alpha value is -4.32. The number of terminal acetylenes is 1. The number of ether oxygens (including phenoxy) is 1. The van der Waals surface area contributed by atoms with Crippen molar-refractivity contribution in [3.63, 3.8) is 0 Å². The lowest BCUT2D eigenvalue weighted by molar-refractivity contribution is -0.137. The number of nitrogens with one attached hydrogen (secondary N) is 2. The van der Waals surface area contributed by atoms with E-state index in [1.165, 1.54) is 0 Å². The van der Waals surface area contributed by atoms with Gasteiger partial charge in [-0.1, -0.05) is 42.8 Å². The molecule has 0 radical (unpaired) electrons. The van der Waals surface area contributed by atoms with Crippen LogP contribution in [0.4, 0.5) is 10.5 Å². The van der Waals surface area contributed by atoms with E-state index in [-0.39, 0.29) is 12.8 Å². The Morgan fingerprint density at radius 3 is 2.10 bits per heavy atom. The second-order valence-electron chi connectivity index (χ2n) is 10.5. The maximum atomic E-state index is 13.9. The molecule has 4 amide bonds. The van der Waals surface area contributed by atoms with Crippen LogP contribution in [-0.2, 0) is 19.1 Å². The van der Waals surface area contributed by atoms with E-state index in [0.717, 1.165) is 27.2 Å².